The molecule has 38 heavy (non-hydrogen) atoms. The van der Waals surface area contributed by atoms with Gasteiger partial charge >= 0.3 is 12.1 Å². The minimum absolute atomic E-state index is 0.0151. The third kappa shape index (κ3) is 9.87. The number of amides is 3. The average molecular weight is 536 g/mol. The van der Waals surface area contributed by atoms with E-state index in [2.05, 4.69) is 10.6 Å². The number of rotatable bonds is 10. The van der Waals surface area contributed by atoms with Crippen molar-refractivity contribution in [3.8, 4) is 5.75 Å². The second-order valence-electron chi connectivity index (χ2n) is 11.5. The number of benzene rings is 1. The van der Waals surface area contributed by atoms with Gasteiger partial charge in [0.25, 0.3) is 0 Å². The lowest BCUT2D eigenvalue weighted by Crippen LogP contribution is -2.60. The van der Waals surface area contributed by atoms with Crippen LogP contribution in [-0.4, -0.2) is 64.2 Å². The number of nitrogens with one attached hydrogen (secondary N) is 2. The number of ether oxygens (including phenoxy) is 2. The maximum absolute atomic E-state index is 14.1. The molecule has 214 valence electrons. The number of esters is 1. The van der Waals surface area contributed by atoms with Gasteiger partial charge in [0.1, 0.15) is 23.4 Å². The molecule has 2 atom stereocenters. The van der Waals surface area contributed by atoms with Gasteiger partial charge in [0, 0.05) is 12.1 Å². The molecule has 0 saturated carbocycles. The quantitative estimate of drug-likeness (QED) is 0.386. The lowest BCUT2D eigenvalue weighted by atomic mass is 9.92. The molecule has 2 unspecified atom stereocenters. The van der Waals surface area contributed by atoms with Crippen LogP contribution < -0.4 is 10.6 Å². The summed E-state index contributed by atoms with van der Waals surface area (Å²) in [6.45, 7) is 17.8. The summed E-state index contributed by atoms with van der Waals surface area (Å²) < 4.78 is 10.3. The van der Waals surface area contributed by atoms with Crippen LogP contribution in [0, 0.1) is 12.8 Å². The summed E-state index contributed by atoms with van der Waals surface area (Å²) in [7, 11) is 0. The van der Waals surface area contributed by atoms with Crippen molar-refractivity contribution < 1.29 is 33.8 Å². The highest BCUT2D eigenvalue weighted by molar-refractivity contribution is 5.93. The monoisotopic (exact) mass is 535 g/mol. The summed E-state index contributed by atoms with van der Waals surface area (Å²) in [6.07, 6.45) is -0.770. The number of aryl methyl sites for hydroxylation is 1. The Bertz CT molecular complexity index is 993. The van der Waals surface area contributed by atoms with E-state index in [-0.39, 0.29) is 31.2 Å². The fourth-order valence-corrected chi connectivity index (χ4v) is 3.83. The number of hydrogen-bond acceptors (Lipinski definition) is 7. The smallest absolute Gasteiger partial charge is 0.408 e. The Labute approximate surface area is 226 Å². The lowest BCUT2D eigenvalue weighted by Gasteiger charge is -2.43. The van der Waals surface area contributed by atoms with E-state index in [1.165, 1.54) is 11.0 Å². The maximum atomic E-state index is 14.1. The molecule has 0 aliphatic carbocycles. The SMILES string of the molecule is CCOC(=O)CCNC(=O)C(c1ccc(O)c(C)c1)N(C(=O)C(NC(=O)OC(C)(C)C)C(C)C)C(C)(C)C. The normalized spacial score (nSPS) is 13.3. The molecular weight excluding hydrogens is 490 g/mol. The van der Waals surface area contributed by atoms with Gasteiger partial charge in [-0.1, -0.05) is 19.9 Å². The van der Waals surface area contributed by atoms with Crippen LogP contribution in [0.15, 0.2) is 18.2 Å². The van der Waals surface area contributed by atoms with Gasteiger partial charge in [0.05, 0.1) is 13.0 Å². The molecule has 0 spiro atoms. The van der Waals surface area contributed by atoms with E-state index in [1.807, 2.05) is 0 Å². The van der Waals surface area contributed by atoms with E-state index in [4.69, 9.17) is 9.47 Å². The molecule has 0 bridgehead atoms. The molecule has 0 aliphatic heterocycles. The third-order valence-electron chi connectivity index (χ3n) is 5.54. The molecule has 3 amide bonds. The Balaban J connectivity index is 3.51. The van der Waals surface area contributed by atoms with E-state index >= 15 is 0 Å². The largest absolute Gasteiger partial charge is 0.508 e. The van der Waals surface area contributed by atoms with Crippen molar-refractivity contribution in [2.24, 2.45) is 5.92 Å². The highest BCUT2D eigenvalue weighted by atomic mass is 16.6. The maximum Gasteiger partial charge on any atom is 0.408 e. The molecule has 0 radical (unpaired) electrons. The Morgan fingerprint density at radius 2 is 1.66 bits per heavy atom. The van der Waals surface area contributed by atoms with E-state index in [0.29, 0.717) is 11.1 Å². The van der Waals surface area contributed by atoms with Crippen LogP contribution in [0.4, 0.5) is 4.79 Å². The molecule has 10 heteroatoms. The number of hydrogen-bond donors (Lipinski definition) is 3. The van der Waals surface area contributed by atoms with Crippen LogP contribution in [0.3, 0.4) is 0 Å². The van der Waals surface area contributed by atoms with E-state index in [0.717, 1.165) is 0 Å². The number of carbonyl (C=O) groups is 4. The van der Waals surface area contributed by atoms with Crippen LogP contribution in [0.2, 0.25) is 0 Å². The molecule has 1 aromatic carbocycles. The summed E-state index contributed by atoms with van der Waals surface area (Å²) in [5.74, 6) is -1.71. The van der Waals surface area contributed by atoms with Crippen LogP contribution in [0.1, 0.15) is 85.9 Å². The van der Waals surface area contributed by atoms with E-state index < -0.39 is 47.1 Å². The zero-order chi connectivity index (χ0) is 29.4. The molecule has 0 aliphatic rings. The minimum atomic E-state index is -1.12. The molecule has 1 aromatic rings. The number of alkyl carbamates (subject to hydrolysis) is 1. The van der Waals surface area contributed by atoms with Crippen molar-refractivity contribution in [2.45, 2.75) is 98.9 Å². The first-order valence-electron chi connectivity index (χ1n) is 12.9. The summed E-state index contributed by atoms with van der Waals surface area (Å²) >= 11 is 0. The number of aromatic hydroxyl groups is 1. The van der Waals surface area contributed by atoms with Crippen LogP contribution in [0.25, 0.3) is 0 Å². The van der Waals surface area contributed by atoms with Crippen molar-refractivity contribution >= 4 is 23.9 Å². The number of carbonyl (C=O) groups excluding carboxylic acids is 4. The molecule has 10 nitrogen and oxygen atoms in total. The van der Waals surface area contributed by atoms with Gasteiger partial charge in [0.2, 0.25) is 11.8 Å². The molecule has 0 aromatic heterocycles. The highest BCUT2D eigenvalue weighted by Gasteiger charge is 2.42. The highest BCUT2D eigenvalue weighted by Crippen LogP contribution is 2.32. The van der Waals surface area contributed by atoms with E-state index in [1.54, 1.807) is 81.4 Å². The first kappa shape index (κ1) is 32.7. The molecule has 0 heterocycles. The summed E-state index contributed by atoms with van der Waals surface area (Å²) in [4.78, 5) is 53.6. The summed E-state index contributed by atoms with van der Waals surface area (Å²) in [5, 5.41) is 15.5. The first-order chi connectivity index (χ1) is 17.4. The van der Waals surface area contributed by atoms with Crippen molar-refractivity contribution in [3.05, 3.63) is 29.3 Å². The molecule has 3 N–H and O–H groups in total. The number of phenolic OH excluding ortho intramolecular Hbond substituents is 1. The van der Waals surface area contributed by atoms with Crippen molar-refractivity contribution in [2.75, 3.05) is 13.2 Å². The van der Waals surface area contributed by atoms with Crippen LogP contribution in [0.5, 0.6) is 5.75 Å². The second kappa shape index (κ2) is 13.5. The van der Waals surface area contributed by atoms with Crippen molar-refractivity contribution in [1.29, 1.82) is 0 Å². The van der Waals surface area contributed by atoms with Gasteiger partial charge in [-0.15, -0.1) is 0 Å². The topological polar surface area (TPSA) is 134 Å². The standard InChI is InChI=1S/C28H45N3O7/c1-11-37-21(33)14-15-29-24(34)23(19-12-13-20(32)18(4)16-19)31(27(5,6)7)25(35)22(17(2)3)30-26(36)38-28(8,9)10/h12-13,16-17,22-23,32H,11,14-15H2,1-10H3,(H,29,34)(H,30,36). The molecule has 0 fully saturated rings. The molecular formula is C28H45N3O7. The van der Waals surface area contributed by atoms with Crippen LogP contribution >= 0.6 is 0 Å². The Morgan fingerprint density at radius 3 is 2.13 bits per heavy atom. The third-order valence-corrected chi connectivity index (χ3v) is 5.54. The van der Waals surface area contributed by atoms with E-state index in [9.17, 15) is 24.3 Å². The van der Waals surface area contributed by atoms with Gasteiger partial charge in [-0.05, 0) is 84.6 Å². The second-order valence-corrected chi connectivity index (χ2v) is 11.5. The van der Waals surface area contributed by atoms with Gasteiger partial charge < -0.3 is 30.1 Å². The number of nitrogens with zero attached hydrogens (tertiary/aromatic N) is 1. The fourth-order valence-electron chi connectivity index (χ4n) is 3.83. The number of phenols is 1. The molecule has 0 saturated heterocycles. The van der Waals surface area contributed by atoms with Gasteiger partial charge in [-0.25, -0.2) is 4.79 Å². The lowest BCUT2D eigenvalue weighted by molar-refractivity contribution is -0.149. The van der Waals surface area contributed by atoms with Crippen LogP contribution in [-0.2, 0) is 23.9 Å². The Morgan fingerprint density at radius 1 is 1.05 bits per heavy atom. The van der Waals surface area contributed by atoms with Gasteiger partial charge in [0.15, 0.2) is 0 Å². The zero-order valence-electron chi connectivity index (χ0n) is 24.4. The predicted molar refractivity (Wildman–Crippen MR) is 144 cm³/mol. The first-order valence-corrected chi connectivity index (χ1v) is 12.9. The van der Waals surface area contributed by atoms with Gasteiger partial charge in [-0.3, -0.25) is 14.4 Å². The minimum Gasteiger partial charge on any atom is -0.508 e. The predicted octanol–water partition coefficient (Wildman–Crippen LogP) is 3.99. The average Bonchev–Trinajstić information content (AvgIpc) is 2.75. The fraction of sp³-hybridized carbons (Fsp3) is 0.643. The Kier molecular flexibility index (Phi) is 11.6. The summed E-state index contributed by atoms with van der Waals surface area (Å²) in [5.41, 5.74) is -0.629. The van der Waals surface area contributed by atoms with Crippen molar-refractivity contribution in [3.63, 3.8) is 0 Å². The van der Waals surface area contributed by atoms with Crippen molar-refractivity contribution in [1.82, 2.24) is 15.5 Å². The zero-order valence-corrected chi connectivity index (χ0v) is 24.4. The summed E-state index contributed by atoms with van der Waals surface area (Å²) in [6, 6.07) is 2.58. The molecule has 1 rings (SSSR count). The van der Waals surface area contributed by atoms with Gasteiger partial charge in [-0.2, -0.15) is 0 Å². The Hall–Kier alpha value is -3.30.